The second kappa shape index (κ2) is 5.32. The third kappa shape index (κ3) is 2.56. The van der Waals surface area contributed by atoms with Gasteiger partial charge in [0, 0.05) is 18.5 Å². The zero-order chi connectivity index (χ0) is 13.1. The van der Waals surface area contributed by atoms with Gasteiger partial charge in [0.1, 0.15) is 13.2 Å². The number of rotatable bonds is 4. The van der Waals surface area contributed by atoms with Gasteiger partial charge in [-0.3, -0.25) is 0 Å². The van der Waals surface area contributed by atoms with Crippen LogP contribution >= 0.6 is 0 Å². The van der Waals surface area contributed by atoms with E-state index in [2.05, 4.69) is 10.3 Å². The van der Waals surface area contributed by atoms with Gasteiger partial charge in [-0.05, 0) is 25.2 Å². The Bertz CT molecular complexity index is 566. The Morgan fingerprint density at radius 3 is 2.89 bits per heavy atom. The van der Waals surface area contributed by atoms with Crippen molar-refractivity contribution in [3.63, 3.8) is 0 Å². The van der Waals surface area contributed by atoms with Crippen molar-refractivity contribution in [2.75, 3.05) is 26.8 Å². The Morgan fingerprint density at radius 1 is 1.21 bits per heavy atom. The molecular formula is C14H16N2O3. The number of nitrogens with one attached hydrogen (secondary N) is 1. The number of hydrogen-bond acceptors (Lipinski definition) is 5. The van der Waals surface area contributed by atoms with Crippen LogP contribution in [-0.4, -0.2) is 31.8 Å². The average Bonchev–Trinajstić information content (AvgIpc) is 2.93. The Hall–Kier alpha value is -2.01. The Labute approximate surface area is 111 Å². The molecule has 0 unspecified atom stereocenters. The predicted octanol–water partition coefficient (Wildman–Crippen LogP) is 1.87. The van der Waals surface area contributed by atoms with Crippen LogP contribution in [0.25, 0.3) is 11.3 Å². The number of aromatic nitrogens is 1. The Morgan fingerprint density at radius 2 is 2.05 bits per heavy atom. The maximum atomic E-state index is 5.72. The summed E-state index contributed by atoms with van der Waals surface area (Å²) in [6.07, 6.45) is 2.53. The summed E-state index contributed by atoms with van der Waals surface area (Å²) in [7, 11) is 1.91. The van der Waals surface area contributed by atoms with Crippen molar-refractivity contribution < 1.29 is 13.9 Å². The summed E-state index contributed by atoms with van der Waals surface area (Å²) in [6, 6.07) is 5.78. The van der Waals surface area contributed by atoms with Crippen LogP contribution in [0.15, 0.2) is 28.8 Å². The van der Waals surface area contributed by atoms with Crippen molar-refractivity contribution in [3.05, 3.63) is 30.3 Å². The molecule has 0 saturated heterocycles. The molecule has 1 aromatic carbocycles. The summed E-state index contributed by atoms with van der Waals surface area (Å²) >= 11 is 0. The fraction of sp³-hybridized carbons (Fsp3) is 0.357. The zero-order valence-corrected chi connectivity index (χ0v) is 10.8. The summed E-state index contributed by atoms with van der Waals surface area (Å²) in [5, 5.41) is 3.07. The molecule has 2 aromatic rings. The standard InChI is InChI=1S/C14H16N2O3/c1-15-5-4-14-16-9-13(19-14)10-2-3-11-12(8-10)18-7-6-17-11/h2-3,8-9,15H,4-7H2,1H3. The summed E-state index contributed by atoms with van der Waals surface area (Å²) in [5.74, 6) is 3.03. The SMILES string of the molecule is CNCCc1ncc(-c2ccc3c(c2)OCCO3)o1. The van der Waals surface area contributed by atoms with Crippen molar-refractivity contribution in [1.29, 1.82) is 0 Å². The van der Waals surface area contributed by atoms with E-state index < -0.39 is 0 Å². The van der Waals surface area contributed by atoms with E-state index in [1.807, 2.05) is 25.2 Å². The maximum Gasteiger partial charge on any atom is 0.196 e. The average molecular weight is 260 g/mol. The molecule has 0 aliphatic carbocycles. The second-order valence-electron chi connectivity index (χ2n) is 4.33. The van der Waals surface area contributed by atoms with Crippen LogP contribution in [0.4, 0.5) is 0 Å². The molecule has 0 amide bonds. The van der Waals surface area contributed by atoms with E-state index in [0.717, 1.165) is 41.7 Å². The fourth-order valence-corrected chi connectivity index (χ4v) is 1.99. The highest BCUT2D eigenvalue weighted by molar-refractivity contribution is 5.62. The number of nitrogens with zero attached hydrogens (tertiary/aromatic N) is 1. The van der Waals surface area contributed by atoms with E-state index in [0.29, 0.717) is 13.2 Å². The molecule has 5 heteroatoms. The molecule has 1 aliphatic heterocycles. The summed E-state index contributed by atoms with van der Waals surface area (Å²) in [6.45, 7) is 2.03. The molecule has 2 heterocycles. The van der Waals surface area contributed by atoms with E-state index in [4.69, 9.17) is 13.9 Å². The van der Waals surface area contributed by atoms with Crippen LogP contribution in [0.3, 0.4) is 0 Å². The Balaban J connectivity index is 1.83. The van der Waals surface area contributed by atoms with Gasteiger partial charge in [0.25, 0.3) is 0 Å². The van der Waals surface area contributed by atoms with Crippen molar-refractivity contribution >= 4 is 0 Å². The van der Waals surface area contributed by atoms with E-state index in [9.17, 15) is 0 Å². The smallest absolute Gasteiger partial charge is 0.196 e. The van der Waals surface area contributed by atoms with Crippen molar-refractivity contribution in [3.8, 4) is 22.8 Å². The van der Waals surface area contributed by atoms with Crippen LogP contribution in [0.1, 0.15) is 5.89 Å². The minimum atomic E-state index is 0.584. The zero-order valence-electron chi connectivity index (χ0n) is 10.8. The summed E-state index contributed by atoms with van der Waals surface area (Å²) < 4.78 is 16.8. The number of oxazole rings is 1. The molecule has 5 nitrogen and oxygen atoms in total. The van der Waals surface area contributed by atoms with Gasteiger partial charge in [0.2, 0.25) is 0 Å². The maximum absolute atomic E-state index is 5.72. The first-order valence-electron chi connectivity index (χ1n) is 6.36. The highest BCUT2D eigenvalue weighted by Gasteiger charge is 2.14. The number of benzene rings is 1. The van der Waals surface area contributed by atoms with Gasteiger partial charge in [-0.15, -0.1) is 0 Å². The van der Waals surface area contributed by atoms with Crippen LogP contribution in [0, 0.1) is 0 Å². The molecule has 0 radical (unpaired) electrons. The predicted molar refractivity (Wildman–Crippen MR) is 70.6 cm³/mol. The first-order valence-corrected chi connectivity index (χ1v) is 6.36. The molecule has 1 aromatic heterocycles. The van der Waals surface area contributed by atoms with Crippen LogP contribution in [0.5, 0.6) is 11.5 Å². The topological polar surface area (TPSA) is 56.5 Å². The minimum absolute atomic E-state index is 0.584. The lowest BCUT2D eigenvalue weighted by Gasteiger charge is -2.18. The van der Waals surface area contributed by atoms with E-state index in [-0.39, 0.29) is 0 Å². The van der Waals surface area contributed by atoms with Gasteiger partial charge < -0.3 is 19.2 Å². The molecule has 1 aliphatic rings. The normalized spacial score (nSPS) is 13.5. The monoisotopic (exact) mass is 260 g/mol. The summed E-state index contributed by atoms with van der Waals surface area (Å²) in [5.41, 5.74) is 0.951. The van der Waals surface area contributed by atoms with E-state index in [1.165, 1.54) is 0 Å². The molecular weight excluding hydrogens is 244 g/mol. The Kier molecular flexibility index (Phi) is 3.37. The van der Waals surface area contributed by atoms with E-state index >= 15 is 0 Å². The molecule has 0 saturated carbocycles. The third-order valence-corrected chi connectivity index (χ3v) is 2.97. The molecule has 0 fully saturated rings. The molecule has 1 N–H and O–H groups in total. The molecule has 0 spiro atoms. The fourth-order valence-electron chi connectivity index (χ4n) is 1.99. The first kappa shape index (κ1) is 12.0. The van der Waals surface area contributed by atoms with Crippen molar-refractivity contribution in [2.24, 2.45) is 0 Å². The lowest BCUT2D eigenvalue weighted by molar-refractivity contribution is 0.171. The number of hydrogen-bond donors (Lipinski definition) is 1. The van der Waals surface area contributed by atoms with Gasteiger partial charge in [-0.2, -0.15) is 0 Å². The van der Waals surface area contributed by atoms with Gasteiger partial charge >= 0.3 is 0 Å². The lowest BCUT2D eigenvalue weighted by Crippen LogP contribution is -2.15. The minimum Gasteiger partial charge on any atom is -0.486 e. The number of fused-ring (bicyclic) bond motifs is 1. The molecule has 0 bridgehead atoms. The lowest BCUT2D eigenvalue weighted by atomic mass is 10.1. The second-order valence-corrected chi connectivity index (χ2v) is 4.33. The number of ether oxygens (including phenoxy) is 2. The van der Waals surface area contributed by atoms with Crippen molar-refractivity contribution in [2.45, 2.75) is 6.42 Å². The quantitative estimate of drug-likeness (QED) is 0.909. The highest BCUT2D eigenvalue weighted by Crippen LogP contribution is 2.34. The highest BCUT2D eigenvalue weighted by atomic mass is 16.6. The van der Waals surface area contributed by atoms with Crippen LogP contribution in [-0.2, 0) is 6.42 Å². The van der Waals surface area contributed by atoms with Gasteiger partial charge in [-0.25, -0.2) is 4.98 Å². The van der Waals surface area contributed by atoms with Gasteiger partial charge in [0.05, 0.1) is 6.20 Å². The molecule has 0 atom stereocenters. The van der Waals surface area contributed by atoms with E-state index in [1.54, 1.807) is 6.20 Å². The molecule has 3 rings (SSSR count). The van der Waals surface area contributed by atoms with Gasteiger partial charge in [0.15, 0.2) is 23.1 Å². The summed E-state index contributed by atoms with van der Waals surface area (Å²) in [4.78, 5) is 4.26. The van der Waals surface area contributed by atoms with Crippen molar-refractivity contribution in [1.82, 2.24) is 10.3 Å². The molecule has 100 valence electrons. The van der Waals surface area contributed by atoms with Gasteiger partial charge in [-0.1, -0.05) is 0 Å². The van der Waals surface area contributed by atoms with Crippen LogP contribution in [0.2, 0.25) is 0 Å². The largest absolute Gasteiger partial charge is 0.486 e. The third-order valence-electron chi connectivity index (χ3n) is 2.97. The first-order chi connectivity index (χ1) is 9.36. The molecule has 19 heavy (non-hydrogen) atoms. The van der Waals surface area contributed by atoms with Crippen LogP contribution < -0.4 is 14.8 Å². The number of likely N-dealkylation sites (N-methyl/N-ethyl adjacent to an activating group) is 1.